The highest BCUT2D eigenvalue weighted by Gasteiger charge is 2.20. The third kappa shape index (κ3) is 4.24. The van der Waals surface area contributed by atoms with Gasteiger partial charge in [-0.05, 0) is 29.6 Å². The number of nitrogens with zero attached hydrogens (tertiary/aromatic N) is 4. The first kappa shape index (κ1) is 18.0. The number of aromatic nitrogens is 2. The van der Waals surface area contributed by atoms with Gasteiger partial charge < -0.3 is 24.6 Å². The standard InChI is InChI=1S/C17H22IN5O2/c1-22-4-6-23(7-5-22)14-9-15(24-2)13(8-16(14)25-3)21-17-19-10-12(18)11-20-17/h8-11H,4-7H2,1-3H3,(H,19,20,21). The lowest BCUT2D eigenvalue weighted by Crippen LogP contribution is -2.44. The van der Waals surface area contributed by atoms with Gasteiger partial charge in [-0.3, -0.25) is 0 Å². The zero-order chi connectivity index (χ0) is 17.8. The molecule has 1 aliphatic rings. The molecule has 7 nitrogen and oxygen atoms in total. The third-order valence-electron chi connectivity index (χ3n) is 4.21. The van der Waals surface area contributed by atoms with Gasteiger partial charge in [0.25, 0.3) is 0 Å². The maximum absolute atomic E-state index is 5.63. The van der Waals surface area contributed by atoms with E-state index in [1.807, 2.05) is 12.1 Å². The van der Waals surface area contributed by atoms with Crippen LogP contribution in [-0.2, 0) is 0 Å². The Morgan fingerprint density at radius 1 is 1.00 bits per heavy atom. The van der Waals surface area contributed by atoms with E-state index in [9.17, 15) is 0 Å². The Morgan fingerprint density at radius 2 is 1.64 bits per heavy atom. The SMILES string of the molecule is COc1cc(N2CCN(C)CC2)c(OC)cc1Nc1ncc(I)cn1. The summed E-state index contributed by atoms with van der Waals surface area (Å²) in [5, 5.41) is 3.21. The molecule has 3 rings (SSSR count). The maximum Gasteiger partial charge on any atom is 0.227 e. The summed E-state index contributed by atoms with van der Waals surface area (Å²) in [6.07, 6.45) is 3.52. The lowest BCUT2D eigenvalue weighted by atomic mass is 10.2. The molecule has 8 heteroatoms. The smallest absolute Gasteiger partial charge is 0.227 e. The molecule has 0 radical (unpaired) electrons. The molecule has 1 aromatic carbocycles. The zero-order valence-corrected chi connectivity index (χ0v) is 16.8. The molecular formula is C17H22IN5O2. The summed E-state index contributed by atoms with van der Waals surface area (Å²) in [5.41, 5.74) is 1.82. The summed E-state index contributed by atoms with van der Waals surface area (Å²) in [6.45, 7) is 3.98. The second kappa shape index (κ2) is 8.05. The lowest BCUT2D eigenvalue weighted by Gasteiger charge is -2.35. The van der Waals surface area contributed by atoms with Crippen molar-refractivity contribution in [2.45, 2.75) is 0 Å². The van der Waals surface area contributed by atoms with E-state index in [0.717, 1.165) is 52.6 Å². The van der Waals surface area contributed by atoms with Gasteiger partial charge in [0.15, 0.2) is 0 Å². The topological polar surface area (TPSA) is 62.8 Å². The number of benzene rings is 1. The summed E-state index contributed by atoms with van der Waals surface area (Å²) in [6, 6.07) is 3.95. The summed E-state index contributed by atoms with van der Waals surface area (Å²) in [7, 11) is 5.49. The fraction of sp³-hybridized carbons (Fsp3) is 0.412. The van der Waals surface area contributed by atoms with Crippen LogP contribution in [0.5, 0.6) is 11.5 Å². The third-order valence-corrected chi connectivity index (χ3v) is 4.77. The molecule has 0 amide bonds. The molecular weight excluding hydrogens is 433 g/mol. The van der Waals surface area contributed by atoms with Crippen LogP contribution in [0.3, 0.4) is 0 Å². The molecule has 1 aliphatic heterocycles. The Labute approximate surface area is 161 Å². The number of nitrogens with one attached hydrogen (secondary N) is 1. The summed E-state index contributed by atoms with van der Waals surface area (Å²) in [5.74, 6) is 2.06. The van der Waals surface area contributed by atoms with Crippen molar-refractivity contribution in [3.63, 3.8) is 0 Å². The van der Waals surface area contributed by atoms with E-state index >= 15 is 0 Å². The number of halogens is 1. The second-order valence-electron chi connectivity index (χ2n) is 5.86. The number of rotatable bonds is 5. The van der Waals surface area contributed by atoms with Gasteiger partial charge in [0, 0.05) is 54.3 Å². The van der Waals surface area contributed by atoms with Gasteiger partial charge in [0.05, 0.1) is 25.6 Å². The number of likely N-dealkylation sites (N-methyl/N-ethyl adjacent to an activating group) is 1. The normalized spacial score (nSPS) is 15.1. The number of hydrogen-bond donors (Lipinski definition) is 1. The molecule has 1 N–H and O–H groups in total. The first-order valence-corrected chi connectivity index (χ1v) is 9.12. The monoisotopic (exact) mass is 455 g/mol. The van der Waals surface area contributed by atoms with Gasteiger partial charge in [-0.1, -0.05) is 0 Å². The fourth-order valence-electron chi connectivity index (χ4n) is 2.77. The van der Waals surface area contributed by atoms with Gasteiger partial charge in [0.2, 0.25) is 5.95 Å². The Kier molecular flexibility index (Phi) is 5.79. The van der Waals surface area contributed by atoms with Crippen molar-refractivity contribution in [2.24, 2.45) is 0 Å². The molecule has 0 unspecified atom stereocenters. The highest BCUT2D eigenvalue weighted by atomic mass is 127. The van der Waals surface area contributed by atoms with Gasteiger partial charge in [-0.2, -0.15) is 0 Å². The largest absolute Gasteiger partial charge is 0.494 e. The molecule has 1 aromatic heterocycles. The zero-order valence-electron chi connectivity index (χ0n) is 14.6. The van der Waals surface area contributed by atoms with Crippen molar-refractivity contribution in [2.75, 3.05) is 57.7 Å². The number of anilines is 3. The van der Waals surface area contributed by atoms with Crippen LogP contribution in [0.1, 0.15) is 0 Å². The van der Waals surface area contributed by atoms with Gasteiger partial charge in [-0.15, -0.1) is 0 Å². The minimum Gasteiger partial charge on any atom is -0.494 e. The van der Waals surface area contributed by atoms with Crippen molar-refractivity contribution in [1.29, 1.82) is 0 Å². The van der Waals surface area contributed by atoms with Crippen LogP contribution in [-0.4, -0.2) is 62.3 Å². The highest BCUT2D eigenvalue weighted by molar-refractivity contribution is 14.1. The molecule has 0 atom stereocenters. The van der Waals surface area contributed by atoms with E-state index in [2.05, 4.69) is 54.7 Å². The molecule has 134 valence electrons. The molecule has 0 aliphatic carbocycles. The van der Waals surface area contributed by atoms with Crippen LogP contribution in [0, 0.1) is 3.57 Å². The summed E-state index contributed by atoms with van der Waals surface area (Å²) in [4.78, 5) is 13.2. The summed E-state index contributed by atoms with van der Waals surface area (Å²) < 4.78 is 12.2. The van der Waals surface area contributed by atoms with Crippen LogP contribution in [0.4, 0.5) is 17.3 Å². The molecule has 1 fully saturated rings. The van der Waals surface area contributed by atoms with E-state index in [1.54, 1.807) is 26.6 Å². The molecule has 2 heterocycles. The minimum absolute atomic E-state index is 0.521. The molecule has 0 spiro atoms. The molecule has 0 saturated carbocycles. The molecule has 25 heavy (non-hydrogen) atoms. The number of ether oxygens (including phenoxy) is 2. The average Bonchev–Trinajstić information content (AvgIpc) is 2.64. The van der Waals surface area contributed by atoms with Crippen LogP contribution in [0.2, 0.25) is 0 Å². The Balaban J connectivity index is 1.90. The predicted octanol–water partition coefficient (Wildman–Crippen LogP) is 2.59. The van der Waals surface area contributed by atoms with Crippen LogP contribution < -0.4 is 19.7 Å². The molecule has 1 saturated heterocycles. The van der Waals surface area contributed by atoms with Crippen molar-refractivity contribution in [3.8, 4) is 11.5 Å². The van der Waals surface area contributed by atoms with E-state index in [1.165, 1.54) is 0 Å². The van der Waals surface area contributed by atoms with Crippen LogP contribution >= 0.6 is 22.6 Å². The number of hydrogen-bond acceptors (Lipinski definition) is 7. The van der Waals surface area contributed by atoms with Crippen LogP contribution in [0.25, 0.3) is 0 Å². The Morgan fingerprint density at radius 3 is 2.24 bits per heavy atom. The Hall–Kier alpha value is -1.81. The van der Waals surface area contributed by atoms with Crippen molar-refractivity contribution in [3.05, 3.63) is 28.1 Å². The first-order valence-electron chi connectivity index (χ1n) is 8.05. The predicted molar refractivity (Wildman–Crippen MR) is 107 cm³/mol. The van der Waals surface area contributed by atoms with Gasteiger partial charge in [0.1, 0.15) is 11.5 Å². The average molecular weight is 455 g/mol. The van der Waals surface area contributed by atoms with Gasteiger partial charge >= 0.3 is 0 Å². The highest BCUT2D eigenvalue weighted by Crippen LogP contribution is 2.39. The maximum atomic E-state index is 5.63. The van der Waals surface area contributed by atoms with E-state index in [4.69, 9.17) is 9.47 Å². The lowest BCUT2D eigenvalue weighted by molar-refractivity contribution is 0.310. The van der Waals surface area contributed by atoms with Crippen LogP contribution in [0.15, 0.2) is 24.5 Å². The van der Waals surface area contributed by atoms with Crippen molar-refractivity contribution in [1.82, 2.24) is 14.9 Å². The Bertz CT molecular complexity index is 718. The fourth-order valence-corrected chi connectivity index (χ4v) is 3.05. The van der Waals surface area contributed by atoms with E-state index in [0.29, 0.717) is 5.95 Å². The molecule has 0 bridgehead atoms. The van der Waals surface area contributed by atoms with E-state index < -0.39 is 0 Å². The number of piperazine rings is 1. The quantitative estimate of drug-likeness (QED) is 0.696. The minimum atomic E-state index is 0.521. The van der Waals surface area contributed by atoms with Gasteiger partial charge in [-0.25, -0.2) is 9.97 Å². The number of methoxy groups -OCH3 is 2. The summed E-state index contributed by atoms with van der Waals surface area (Å²) >= 11 is 2.18. The van der Waals surface area contributed by atoms with Crippen molar-refractivity contribution >= 4 is 39.9 Å². The first-order chi connectivity index (χ1) is 12.1. The second-order valence-corrected chi connectivity index (χ2v) is 7.11. The van der Waals surface area contributed by atoms with E-state index in [-0.39, 0.29) is 0 Å². The molecule has 2 aromatic rings. The van der Waals surface area contributed by atoms with Crippen molar-refractivity contribution < 1.29 is 9.47 Å².